The molecule has 6 heteroatoms. The Morgan fingerprint density at radius 3 is 3.00 bits per heavy atom. The summed E-state index contributed by atoms with van der Waals surface area (Å²) in [5, 5.41) is 9.51. The molecule has 0 saturated carbocycles. The summed E-state index contributed by atoms with van der Waals surface area (Å²) in [6.07, 6.45) is 1.05. The van der Waals surface area contributed by atoms with Crippen LogP contribution in [-0.4, -0.2) is 40.9 Å². The third-order valence-corrected chi connectivity index (χ3v) is 3.58. The van der Waals surface area contributed by atoms with Crippen molar-refractivity contribution in [1.29, 1.82) is 0 Å². The quantitative estimate of drug-likeness (QED) is 0.820. The molecule has 0 radical (unpaired) electrons. The molecule has 1 aromatic rings. The second-order valence-corrected chi connectivity index (χ2v) is 4.91. The molecule has 1 fully saturated rings. The van der Waals surface area contributed by atoms with E-state index >= 15 is 0 Å². The van der Waals surface area contributed by atoms with Crippen molar-refractivity contribution in [1.82, 2.24) is 9.97 Å². The topological polar surface area (TPSA) is 84.5 Å². The first-order valence-corrected chi connectivity index (χ1v) is 6.74. The van der Waals surface area contributed by atoms with E-state index in [4.69, 9.17) is 10.5 Å². The van der Waals surface area contributed by atoms with Crippen LogP contribution in [0.25, 0.3) is 0 Å². The molecule has 1 saturated heterocycles. The van der Waals surface area contributed by atoms with Crippen LogP contribution in [-0.2, 0) is 11.3 Å². The monoisotopic (exact) mass is 266 g/mol. The zero-order valence-electron chi connectivity index (χ0n) is 11.5. The van der Waals surface area contributed by atoms with E-state index < -0.39 is 0 Å². The van der Waals surface area contributed by atoms with E-state index in [1.807, 2.05) is 6.92 Å². The molecule has 19 heavy (non-hydrogen) atoms. The number of aliphatic hydroxyl groups is 1. The van der Waals surface area contributed by atoms with E-state index in [2.05, 4.69) is 21.8 Å². The minimum atomic E-state index is 0.106. The Hall–Kier alpha value is -1.40. The maximum atomic E-state index is 9.51. The molecule has 0 spiro atoms. The van der Waals surface area contributed by atoms with Crippen molar-refractivity contribution >= 4 is 11.6 Å². The number of nitrogens with zero attached hydrogens (tertiary/aromatic N) is 3. The average Bonchev–Trinajstić information content (AvgIpc) is 2.76. The predicted molar refractivity (Wildman–Crippen MR) is 73.8 cm³/mol. The summed E-state index contributed by atoms with van der Waals surface area (Å²) in [6.45, 7) is 6.07. The molecule has 6 nitrogen and oxygen atoms in total. The Morgan fingerprint density at radius 2 is 2.32 bits per heavy atom. The molecule has 0 aromatic carbocycles. The highest BCUT2D eigenvalue weighted by Crippen LogP contribution is 2.28. The highest BCUT2D eigenvalue weighted by atomic mass is 16.5. The maximum Gasteiger partial charge on any atom is 0.158 e. The van der Waals surface area contributed by atoms with Crippen LogP contribution in [0.15, 0.2) is 6.07 Å². The van der Waals surface area contributed by atoms with Gasteiger partial charge in [0.1, 0.15) is 18.2 Å². The normalized spacial score (nSPS) is 23.0. The van der Waals surface area contributed by atoms with Crippen molar-refractivity contribution in [3.63, 3.8) is 0 Å². The Balaban J connectivity index is 2.21. The lowest BCUT2D eigenvalue weighted by Gasteiger charge is -2.26. The second-order valence-electron chi connectivity index (χ2n) is 4.91. The molecule has 2 heterocycles. The zero-order chi connectivity index (χ0) is 13.8. The summed E-state index contributed by atoms with van der Waals surface area (Å²) in [5.74, 6) is 2.27. The lowest BCUT2D eigenvalue weighted by molar-refractivity contribution is 0.128. The van der Waals surface area contributed by atoms with Gasteiger partial charge in [0.15, 0.2) is 5.82 Å². The average molecular weight is 266 g/mol. The molecule has 0 aliphatic carbocycles. The van der Waals surface area contributed by atoms with E-state index in [-0.39, 0.29) is 12.6 Å². The van der Waals surface area contributed by atoms with E-state index in [1.165, 1.54) is 0 Å². The Morgan fingerprint density at radius 1 is 1.53 bits per heavy atom. The molecular formula is C13H22N4O2. The molecular weight excluding hydrogens is 244 g/mol. The van der Waals surface area contributed by atoms with Gasteiger partial charge in [-0.1, -0.05) is 6.92 Å². The van der Waals surface area contributed by atoms with Crippen molar-refractivity contribution < 1.29 is 9.84 Å². The van der Waals surface area contributed by atoms with Crippen molar-refractivity contribution in [2.24, 2.45) is 5.92 Å². The molecule has 2 unspecified atom stereocenters. The zero-order valence-corrected chi connectivity index (χ0v) is 11.5. The highest BCUT2D eigenvalue weighted by molar-refractivity contribution is 5.48. The molecule has 106 valence electrons. The van der Waals surface area contributed by atoms with Gasteiger partial charge in [0, 0.05) is 19.2 Å². The van der Waals surface area contributed by atoms with Gasteiger partial charge in [-0.2, -0.15) is 0 Å². The van der Waals surface area contributed by atoms with E-state index in [9.17, 15) is 5.11 Å². The largest absolute Gasteiger partial charge is 0.394 e. The van der Waals surface area contributed by atoms with Crippen LogP contribution < -0.4 is 10.6 Å². The molecule has 2 atom stereocenters. The fourth-order valence-corrected chi connectivity index (χ4v) is 2.48. The van der Waals surface area contributed by atoms with Crippen LogP contribution in [0.5, 0.6) is 0 Å². The molecule has 2 rings (SSSR count). The minimum absolute atomic E-state index is 0.106. The molecule has 3 N–H and O–H groups in total. The molecule has 1 aromatic heterocycles. The van der Waals surface area contributed by atoms with Crippen LogP contribution in [0.3, 0.4) is 0 Å². The van der Waals surface area contributed by atoms with Crippen LogP contribution in [0, 0.1) is 5.92 Å². The van der Waals surface area contributed by atoms with Gasteiger partial charge in [-0.3, -0.25) is 0 Å². The summed E-state index contributed by atoms with van der Waals surface area (Å²) in [4.78, 5) is 10.8. The number of aliphatic hydroxyl groups excluding tert-OH is 1. The van der Waals surface area contributed by atoms with Gasteiger partial charge in [0.25, 0.3) is 0 Å². The molecule has 1 aliphatic heterocycles. The van der Waals surface area contributed by atoms with Gasteiger partial charge in [0.2, 0.25) is 0 Å². The van der Waals surface area contributed by atoms with E-state index in [0.717, 1.165) is 18.8 Å². The van der Waals surface area contributed by atoms with Gasteiger partial charge in [0.05, 0.1) is 12.6 Å². The first kappa shape index (κ1) is 14.0. The number of rotatable bonds is 5. The summed E-state index contributed by atoms with van der Waals surface area (Å²) >= 11 is 0. The highest BCUT2D eigenvalue weighted by Gasteiger charge is 2.31. The number of nitrogen functional groups attached to an aromatic ring is 1. The minimum Gasteiger partial charge on any atom is -0.394 e. The first-order valence-electron chi connectivity index (χ1n) is 6.74. The number of nitrogens with two attached hydrogens (primary N) is 1. The van der Waals surface area contributed by atoms with Gasteiger partial charge < -0.3 is 20.5 Å². The summed E-state index contributed by atoms with van der Waals surface area (Å²) in [7, 11) is 0. The summed E-state index contributed by atoms with van der Waals surface area (Å²) in [5.41, 5.74) is 5.82. The standard InChI is InChI=1S/C13H22N4O2/c1-3-19-8-12-15-11(14)6-13(16-12)17-5-4-9(2)10(17)7-18/h6,9-10,18H,3-5,7-8H2,1-2H3,(H2,14,15,16). The first-order chi connectivity index (χ1) is 9.15. The van der Waals surface area contributed by atoms with Crippen molar-refractivity contribution in [3.05, 3.63) is 11.9 Å². The summed E-state index contributed by atoms with van der Waals surface area (Å²) in [6, 6.07) is 1.87. The third-order valence-electron chi connectivity index (χ3n) is 3.58. The SMILES string of the molecule is CCOCc1nc(N)cc(N2CCC(C)C2CO)n1. The predicted octanol–water partition coefficient (Wildman–Crippen LogP) is 0.802. The number of hydrogen-bond acceptors (Lipinski definition) is 6. The van der Waals surface area contributed by atoms with Crippen LogP contribution in [0.1, 0.15) is 26.1 Å². The third kappa shape index (κ3) is 3.13. The smallest absolute Gasteiger partial charge is 0.158 e. The Labute approximate surface area is 113 Å². The molecule has 1 aliphatic rings. The van der Waals surface area contributed by atoms with Gasteiger partial charge in [-0.25, -0.2) is 9.97 Å². The lowest BCUT2D eigenvalue weighted by atomic mass is 10.0. The van der Waals surface area contributed by atoms with Gasteiger partial charge in [-0.05, 0) is 19.3 Å². The number of aromatic nitrogens is 2. The van der Waals surface area contributed by atoms with Crippen LogP contribution in [0.4, 0.5) is 11.6 Å². The van der Waals surface area contributed by atoms with E-state index in [0.29, 0.717) is 30.8 Å². The van der Waals surface area contributed by atoms with Crippen molar-refractivity contribution in [2.45, 2.75) is 32.9 Å². The summed E-state index contributed by atoms with van der Waals surface area (Å²) < 4.78 is 5.32. The van der Waals surface area contributed by atoms with Crippen molar-refractivity contribution in [2.75, 3.05) is 30.4 Å². The fourth-order valence-electron chi connectivity index (χ4n) is 2.48. The van der Waals surface area contributed by atoms with Gasteiger partial charge in [-0.15, -0.1) is 0 Å². The molecule has 0 amide bonds. The lowest BCUT2D eigenvalue weighted by Crippen LogP contribution is -2.36. The molecule has 0 bridgehead atoms. The number of ether oxygens (including phenoxy) is 1. The fraction of sp³-hybridized carbons (Fsp3) is 0.692. The Bertz CT molecular complexity index is 427. The maximum absolute atomic E-state index is 9.51. The van der Waals surface area contributed by atoms with Crippen LogP contribution in [0.2, 0.25) is 0 Å². The van der Waals surface area contributed by atoms with E-state index in [1.54, 1.807) is 6.07 Å². The van der Waals surface area contributed by atoms with Crippen LogP contribution >= 0.6 is 0 Å². The van der Waals surface area contributed by atoms with Crippen molar-refractivity contribution in [3.8, 4) is 0 Å². The number of hydrogen-bond donors (Lipinski definition) is 2. The second kappa shape index (κ2) is 6.16. The Kier molecular flexibility index (Phi) is 4.55. The number of anilines is 2. The van der Waals surface area contributed by atoms with Gasteiger partial charge >= 0.3 is 0 Å².